The Labute approximate surface area is 202 Å². The minimum Gasteiger partial charge on any atom is -0.347 e. The van der Waals surface area contributed by atoms with Gasteiger partial charge in [-0.3, -0.25) is 9.59 Å². The molecular formula is C24H23ClN2O4S2. The number of carbonyl (C=O) groups is 2. The molecule has 1 N–H and O–H groups in total. The summed E-state index contributed by atoms with van der Waals surface area (Å²) < 4.78 is 27.9. The predicted molar refractivity (Wildman–Crippen MR) is 129 cm³/mol. The van der Waals surface area contributed by atoms with Crippen molar-refractivity contribution in [3.8, 4) is 0 Å². The number of carbonyl (C=O) groups excluding carboxylic acids is 2. The zero-order chi connectivity index (χ0) is 23.4. The highest BCUT2D eigenvalue weighted by Crippen LogP contribution is 2.29. The molecule has 172 valence electrons. The first-order valence-corrected chi connectivity index (χ1v) is 13.2. The summed E-state index contributed by atoms with van der Waals surface area (Å²) in [6.45, 7) is 0.855. The van der Waals surface area contributed by atoms with Gasteiger partial charge in [0.1, 0.15) is 4.21 Å². The third-order valence-electron chi connectivity index (χ3n) is 5.64. The van der Waals surface area contributed by atoms with E-state index in [1.54, 1.807) is 48.5 Å². The molecule has 1 aliphatic rings. The van der Waals surface area contributed by atoms with Gasteiger partial charge in [-0.05, 0) is 49.2 Å². The van der Waals surface area contributed by atoms with Gasteiger partial charge in [-0.1, -0.05) is 41.9 Å². The Morgan fingerprint density at radius 2 is 1.61 bits per heavy atom. The highest BCUT2D eigenvalue weighted by Gasteiger charge is 2.33. The number of benzene rings is 2. The van der Waals surface area contributed by atoms with E-state index < -0.39 is 10.0 Å². The molecule has 2 heterocycles. The van der Waals surface area contributed by atoms with Crippen molar-refractivity contribution in [2.24, 2.45) is 5.92 Å². The lowest BCUT2D eigenvalue weighted by Gasteiger charge is -2.30. The number of amides is 1. The van der Waals surface area contributed by atoms with E-state index in [1.807, 2.05) is 18.2 Å². The monoisotopic (exact) mass is 502 g/mol. The van der Waals surface area contributed by atoms with Crippen molar-refractivity contribution in [2.75, 3.05) is 13.1 Å². The maximum absolute atomic E-state index is 13.1. The van der Waals surface area contributed by atoms with Gasteiger partial charge in [0.15, 0.2) is 5.78 Å². The van der Waals surface area contributed by atoms with Crippen LogP contribution < -0.4 is 5.32 Å². The van der Waals surface area contributed by atoms with E-state index in [1.165, 1.54) is 4.31 Å². The Bertz CT molecular complexity index is 1230. The van der Waals surface area contributed by atoms with Crippen LogP contribution in [0, 0.1) is 5.92 Å². The van der Waals surface area contributed by atoms with Crippen molar-refractivity contribution >= 4 is 44.7 Å². The second kappa shape index (κ2) is 10.2. The van der Waals surface area contributed by atoms with Crippen molar-refractivity contribution in [1.82, 2.24) is 9.62 Å². The standard InChI is InChI=1S/C24H23ClN2O4S2/c25-20-8-6-19(7-9-20)24(29)26-16-21-10-11-22(32-21)33(30,31)27-14-12-18(13-15-27)23(28)17-4-2-1-3-5-17/h1-11,18H,12-16H2,(H,26,29). The first kappa shape index (κ1) is 23.6. The minimum absolute atomic E-state index is 0.0717. The van der Waals surface area contributed by atoms with Crippen LogP contribution in [0.4, 0.5) is 0 Å². The van der Waals surface area contributed by atoms with Crippen LogP contribution >= 0.6 is 22.9 Å². The van der Waals surface area contributed by atoms with Crippen molar-refractivity contribution in [3.63, 3.8) is 0 Å². The highest BCUT2D eigenvalue weighted by molar-refractivity contribution is 7.91. The maximum atomic E-state index is 13.1. The van der Waals surface area contributed by atoms with Crippen LogP contribution in [0.5, 0.6) is 0 Å². The molecule has 1 aliphatic heterocycles. The summed E-state index contributed by atoms with van der Waals surface area (Å²) in [7, 11) is -3.64. The van der Waals surface area contributed by atoms with E-state index in [4.69, 9.17) is 11.6 Å². The molecule has 33 heavy (non-hydrogen) atoms. The number of Topliss-reactive ketones (excluding diaryl/α,β-unsaturated/α-hetero) is 1. The average Bonchev–Trinajstić information content (AvgIpc) is 3.33. The van der Waals surface area contributed by atoms with Gasteiger partial charge in [0.2, 0.25) is 0 Å². The lowest BCUT2D eigenvalue weighted by atomic mass is 9.90. The Morgan fingerprint density at radius 3 is 2.27 bits per heavy atom. The predicted octanol–water partition coefficient (Wildman–Crippen LogP) is 4.62. The minimum atomic E-state index is -3.64. The normalized spacial score (nSPS) is 15.3. The molecule has 1 fully saturated rings. The smallest absolute Gasteiger partial charge is 0.252 e. The molecule has 0 bridgehead atoms. The summed E-state index contributed by atoms with van der Waals surface area (Å²) in [5, 5.41) is 3.34. The third kappa shape index (κ3) is 5.52. The van der Waals surface area contributed by atoms with Gasteiger partial charge in [-0.2, -0.15) is 4.31 Å². The number of nitrogens with zero attached hydrogens (tertiary/aromatic N) is 1. The number of nitrogens with one attached hydrogen (secondary N) is 1. The molecule has 4 rings (SSSR count). The molecule has 2 aromatic carbocycles. The number of piperidine rings is 1. The van der Waals surface area contributed by atoms with E-state index in [9.17, 15) is 18.0 Å². The lowest BCUT2D eigenvalue weighted by Crippen LogP contribution is -2.40. The largest absolute Gasteiger partial charge is 0.347 e. The van der Waals surface area contributed by atoms with Gasteiger partial charge in [-0.25, -0.2) is 8.42 Å². The molecule has 0 radical (unpaired) electrons. The van der Waals surface area contributed by atoms with Crippen LogP contribution in [0.25, 0.3) is 0 Å². The molecule has 0 spiro atoms. The summed E-state index contributed by atoms with van der Waals surface area (Å²) >= 11 is 6.99. The van der Waals surface area contributed by atoms with Crippen LogP contribution in [-0.2, 0) is 16.6 Å². The average molecular weight is 503 g/mol. The van der Waals surface area contributed by atoms with Crippen LogP contribution in [0.15, 0.2) is 70.9 Å². The Balaban J connectivity index is 1.34. The fraction of sp³-hybridized carbons (Fsp3) is 0.250. The summed E-state index contributed by atoms with van der Waals surface area (Å²) in [6, 6.07) is 19.0. The van der Waals surface area contributed by atoms with Crippen LogP contribution in [0.2, 0.25) is 5.02 Å². The molecule has 0 saturated carbocycles. The second-order valence-corrected chi connectivity index (χ2v) is 11.6. The van der Waals surface area contributed by atoms with Gasteiger partial charge >= 0.3 is 0 Å². The number of sulfonamides is 1. The zero-order valence-electron chi connectivity index (χ0n) is 17.7. The zero-order valence-corrected chi connectivity index (χ0v) is 20.1. The fourth-order valence-corrected chi connectivity index (χ4v) is 6.83. The van der Waals surface area contributed by atoms with Gasteiger partial charge in [0, 0.05) is 40.0 Å². The SMILES string of the molecule is O=C(NCc1ccc(S(=O)(=O)N2CCC(C(=O)c3ccccc3)CC2)s1)c1ccc(Cl)cc1. The third-order valence-corrected chi connectivity index (χ3v) is 9.35. The molecule has 1 amide bonds. The lowest BCUT2D eigenvalue weighted by molar-refractivity contribution is 0.0874. The molecular weight excluding hydrogens is 480 g/mol. The number of rotatable bonds is 7. The summed E-state index contributed by atoms with van der Waals surface area (Å²) in [6.07, 6.45) is 1.00. The molecule has 3 aromatic rings. The van der Waals surface area contributed by atoms with E-state index in [-0.39, 0.29) is 28.4 Å². The fourth-order valence-electron chi connectivity index (χ4n) is 3.79. The van der Waals surface area contributed by atoms with E-state index in [0.717, 1.165) is 16.2 Å². The van der Waals surface area contributed by atoms with Crippen LogP contribution in [-0.4, -0.2) is 37.5 Å². The van der Waals surface area contributed by atoms with Gasteiger partial charge in [-0.15, -0.1) is 11.3 Å². The molecule has 0 aliphatic carbocycles. The van der Waals surface area contributed by atoms with E-state index in [0.29, 0.717) is 42.1 Å². The Hall–Kier alpha value is -2.52. The van der Waals surface area contributed by atoms with Crippen molar-refractivity contribution in [3.05, 3.63) is 87.8 Å². The number of halogens is 1. The maximum Gasteiger partial charge on any atom is 0.252 e. The summed E-state index contributed by atoms with van der Waals surface area (Å²) in [5.41, 5.74) is 1.15. The Morgan fingerprint density at radius 1 is 0.939 bits per heavy atom. The Kier molecular flexibility index (Phi) is 7.29. The number of thiophene rings is 1. The van der Waals surface area contributed by atoms with Crippen molar-refractivity contribution < 1.29 is 18.0 Å². The highest BCUT2D eigenvalue weighted by atomic mass is 35.5. The van der Waals surface area contributed by atoms with Gasteiger partial charge in [0.05, 0.1) is 6.54 Å². The topological polar surface area (TPSA) is 83.6 Å². The van der Waals surface area contributed by atoms with Crippen molar-refractivity contribution in [1.29, 1.82) is 0 Å². The molecule has 6 nitrogen and oxygen atoms in total. The van der Waals surface area contributed by atoms with E-state index in [2.05, 4.69) is 5.32 Å². The second-order valence-electron chi connectivity index (χ2n) is 7.82. The summed E-state index contributed by atoms with van der Waals surface area (Å²) in [5.74, 6) is -0.349. The quantitative estimate of drug-likeness (QED) is 0.478. The van der Waals surface area contributed by atoms with Gasteiger partial charge < -0.3 is 5.32 Å². The first-order chi connectivity index (χ1) is 15.8. The molecule has 0 unspecified atom stereocenters. The summed E-state index contributed by atoms with van der Waals surface area (Å²) in [4.78, 5) is 25.7. The molecule has 9 heteroatoms. The van der Waals surface area contributed by atoms with Crippen LogP contribution in [0.3, 0.4) is 0 Å². The van der Waals surface area contributed by atoms with Crippen molar-refractivity contribution in [2.45, 2.75) is 23.6 Å². The van der Waals surface area contributed by atoms with Gasteiger partial charge in [0.25, 0.3) is 15.9 Å². The first-order valence-electron chi connectivity index (χ1n) is 10.6. The van der Waals surface area contributed by atoms with Crippen LogP contribution in [0.1, 0.15) is 38.4 Å². The van der Waals surface area contributed by atoms with E-state index >= 15 is 0 Å². The number of ketones is 1. The number of hydrogen-bond donors (Lipinski definition) is 1. The molecule has 1 saturated heterocycles. The number of hydrogen-bond acceptors (Lipinski definition) is 5. The molecule has 1 aromatic heterocycles. The molecule has 0 atom stereocenters.